The van der Waals surface area contributed by atoms with E-state index in [-0.39, 0.29) is 12.4 Å². The second kappa shape index (κ2) is 31.2. The molecule has 0 aromatic carbocycles. The molecule has 1 atom stereocenters. The van der Waals surface area contributed by atoms with Gasteiger partial charge in [0.15, 0.2) is 0 Å². The van der Waals surface area contributed by atoms with E-state index in [1.54, 1.807) is 0 Å². The van der Waals surface area contributed by atoms with Crippen LogP contribution in [0.3, 0.4) is 0 Å². The van der Waals surface area contributed by atoms with Crippen molar-refractivity contribution in [1.29, 1.82) is 0 Å². The number of carbonyl (C=O) groups excluding carboxylic acids is 1. The zero-order chi connectivity index (χ0) is 28.7. The number of hydrogen-bond donors (Lipinski definition) is 1. The van der Waals surface area contributed by atoms with E-state index in [9.17, 15) is 14.7 Å². The van der Waals surface area contributed by atoms with Crippen molar-refractivity contribution in [1.82, 2.24) is 0 Å². The van der Waals surface area contributed by atoms with Crippen LogP contribution in [0.25, 0.3) is 0 Å². The zero-order valence-electron chi connectivity index (χ0n) is 26.2. The summed E-state index contributed by atoms with van der Waals surface area (Å²) in [6.45, 7) is 4.52. The monoisotopic (exact) mass is 550 g/mol. The highest BCUT2D eigenvalue weighted by molar-refractivity contribution is 5.78. The van der Waals surface area contributed by atoms with Crippen LogP contribution in [-0.2, 0) is 14.3 Å². The molecular weight excluding hydrogens is 484 g/mol. The van der Waals surface area contributed by atoms with Crippen molar-refractivity contribution in [2.75, 3.05) is 6.61 Å². The lowest BCUT2D eigenvalue weighted by atomic mass is 9.97. The van der Waals surface area contributed by atoms with Crippen molar-refractivity contribution in [2.24, 2.45) is 5.92 Å². The summed E-state index contributed by atoms with van der Waals surface area (Å²) in [6, 6.07) is 0. The van der Waals surface area contributed by atoms with Gasteiger partial charge >= 0.3 is 11.9 Å². The van der Waals surface area contributed by atoms with Gasteiger partial charge in [0, 0.05) is 0 Å². The Hall–Kier alpha value is -1.32. The van der Waals surface area contributed by atoms with Crippen LogP contribution in [0, 0.1) is 5.92 Å². The van der Waals surface area contributed by atoms with Crippen LogP contribution in [0.2, 0.25) is 0 Å². The first-order chi connectivity index (χ1) is 19.1. The standard InChI is InChI=1S/C35H66O4/c1-3-5-6-7-8-9-10-11-12-13-14-15-16-17-18-19-20-21-22-23-24-25-26-27-28-29-30-33(35(37)38)32-34(36)39-31-4-2/h5-6,33H,3-4,7-32H2,1-2H3,(H,37,38)/b6-5+. The predicted molar refractivity (Wildman–Crippen MR) is 167 cm³/mol. The maximum Gasteiger partial charge on any atom is 0.307 e. The van der Waals surface area contributed by atoms with E-state index in [1.807, 2.05) is 6.92 Å². The molecule has 4 heteroatoms. The summed E-state index contributed by atoms with van der Waals surface area (Å²) in [7, 11) is 0. The Balaban J connectivity index is 3.28. The number of aliphatic carboxylic acids is 1. The van der Waals surface area contributed by atoms with E-state index in [0.717, 1.165) is 19.3 Å². The average Bonchev–Trinajstić information content (AvgIpc) is 2.93. The maximum absolute atomic E-state index is 11.7. The highest BCUT2D eigenvalue weighted by Gasteiger charge is 2.21. The summed E-state index contributed by atoms with van der Waals surface area (Å²) in [5.74, 6) is -1.85. The number of carboxylic acids is 1. The van der Waals surface area contributed by atoms with Gasteiger partial charge in [0.25, 0.3) is 0 Å². The van der Waals surface area contributed by atoms with Gasteiger partial charge in [-0.2, -0.15) is 0 Å². The van der Waals surface area contributed by atoms with Gasteiger partial charge < -0.3 is 9.84 Å². The van der Waals surface area contributed by atoms with Crippen molar-refractivity contribution >= 4 is 11.9 Å². The van der Waals surface area contributed by atoms with Crippen LogP contribution >= 0.6 is 0 Å². The van der Waals surface area contributed by atoms with E-state index in [1.165, 1.54) is 141 Å². The molecule has 1 N–H and O–H groups in total. The summed E-state index contributed by atoms with van der Waals surface area (Å²) in [5.41, 5.74) is 0. The van der Waals surface area contributed by atoms with Gasteiger partial charge in [-0.1, -0.05) is 161 Å². The average molecular weight is 551 g/mol. The molecule has 4 nitrogen and oxygen atoms in total. The van der Waals surface area contributed by atoms with Crippen molar-refractivity contribution in [3.8, 4) is 0 Å². The van der Waals surface area contributed by atoms with Crippen LogP contribution in [0.5, 0.6) is 0 Å². The Morgan fingerprint density at radius 2 is 0.974 bits per heavy atom. The number of ether oxygens (including phenoxy) is 1. The SMILES string of the molecule is CC/C=C/CCCCCCCCCCCCCCCCCCCCCCCCC(CC(=O)OCCC)C(=O)O. The summed E-state index contributed by atoms with van der Waals surface area (Å²) in [5, 5.41) is 9.33. The van der Waals surface area contributed by atoms with Gasteiger partial charge in [0.05, 0.1) is 18.9 Å². The number of carbonyl (C=O) groups is 2. The van der Waals surface area contributed by atoms with Crippen LogP contribution in [-0.4, -0.2) is 23.7 Å². The Labute approximate surface area is 243 Å². The zero-order valence-corrected chi connectivity index (χ0v) is 26.2. The molecule has 1 unspecified atom stereocenters. The Morgan fingerprint density at radius 1 is 0.590 bits per heavy atom. The van der Waals surface area contributed by atoms with Crippen molar-refractivity contribution in [2.45, 2.75) is 187 Å². The van der Waals surface area contributed by atoms with E-state index in [4.69, 9.17) is 4.74 Å². The molecule has 0 saturated carbocycles. The fourth-order valence-corrected chi connectivity index (χ4v) is 5.26. The summed E-state index contributed by atoms with van der Waals surface area (Å²) < 4.78 is 5.03. The number of unbranched alkanes of at least 4 members (excludes halogenated alkanes) is 22. The minimum absolute atomic E-state index is 0.00738. The molecule has 0 rings (SSSR count). The molecule has 0 spiro atoms. The van der Waals surface area contributed by atoms with Gasteiger partial charge in [-0.05, 0) is 32.1 Å². The molecule has 0 aromatic heterocycles. The number of esters is 1. The molecule has 39 heavy (non-hydrogen) atoms. The topological polar surface area (TPSA) is 63.6 Å². The fourth-order valence-electron chi connectivity index (χ4n) is 5.26. The summed E-state index contributed by atoms with van der Waals surface area (Å²) in [4.78, 5) is 23.1. The third kappa shape index (κ3) is 29.5. The number of allylic oxidation sites excluding steroid dienone is 2. The summed E-state index contributed by atoms with van der Waals surface area (Å²) >= 11 is 0. The molecule has 0 amide bonds. The molecule has 0 aliphatic heterocycles. The van der Waals surface area contributed by atoms with Crippen molar-refractivity contribution in [3.05, 3.63) is 12.2 Å². The molecule has 0 radical (unpaired) electrons. The highest BCUT2D eigenvalue weighted by Crippen LogP contribution is 2.18. The summed E-state index contributed by atoms with van der Waals surface area (Å²) in [6.07, 6.45) is 38.1. The highest BCUT2D eigenvalue weighted by atomic mass is 16.5. The Morgan fingerprint density at radius 3 is 1.33 bits per heavy atom. The molecule has 0 aliphatic carbocycles. The second-order valence-electron chi connectivity index (χ2n) is 11.7. The van der Waals surface area contributed by atoms with Crippen LogP contribution in [0.15, 0.2) is 12.2 Å². The first-order valence-corrected chi connectivity index (χ1v) is 17.1. The molecule has 0 saturated heterocycles. The lowest BCUT2D eigenvalue weighted by molar-refractivity contribution is -0.151. The molecular formula is C35H66O4. The smallest absolute Gasteiger partial charge is 0.307 e. The van der Waals surface area contributed by atoms with Crippen molar-refractivity contribution < 1.29 is 19.4 Å². The molecule has 0 heterocycles. The minimum Gasteiger partial charge on any atom is -0.481 e. The molecule has 0 aromatic rings. The Kier molecular flexibility index (Phi) is 30.2. The van der Waals surface area contributed by atoms with E-state index < -0.39 is 11.9 Å². The minimum atomic E-state index is -0.874. The third-order valence-corrected chi connectivity index (χ3v) is 7.81. The van der Waals surface area contributed by atoms with Gasteiger partial charge in [-0.3, -0.25) is 9.59 Å². The second-order valence-corrected chi connectivity index (χ2v) is 11.7. The van der Waals surface area contributed by atoms with Crippen LogP contribution < -0.4 is 0 Å². The van der Waals surface area contributed by atoms with Gasteiger partial charge in [-0.15, -0.1) is 0 Å². The predicted octanol–water partition coefficient (Wildman–Crippen LogP) is 11.4. The first kappa shape index (κ1) is 37.7. The van der Waals surface area contributed by atoms with E-state index in [0.29, 0.717) is 13.0 Å². The van der Waals surface area contributed by atoms with Crippen molar-refractivity contribution in [3.63, 3.8) is 0 Å². The van der Waals surface area contributed by atoms with Gasteiger partial charge in [0.2, 0.25) is 0 Å². The van der Waals surface area contributed by atoms with Gasteiger partial charge in [0.1, 0.15) is 0 Å². The van der Waals surface area contributed by atoms with Gasteiger partial charge in [-0.25, -0.2) is 0 Å². The lowest BCUT2D eigenvalue weighted by Gasteiger charge is -2.11. The van der Waals surface area contributed by atoms with Crippen LogP contribution in [0.4, 0.5) is 0 Å². The largest absolute Gasteiger partial charge is 0.481 e. The van der Waals surface area contributed by atoms with E-state index in [2.05, 4.69) is 19.1 Å². The fraction of sp³-hybridized carbons (Fsp3) is 0.886. The Bertz CT molecular complexity index is 557. The molecule has 0 bridgehead atoms. The number of rotatable bonds is 31. The first-order valence-electron chi connectivity index (χ1n) is 17.1. The maximum atomic E-state index is 11.7. The normalized spacial score (nSPS) is 12.3. The van der Waals surface area contributed by atoms with Crippen LogP contribution in [0.1, 0.15) is 187 Å². The molecule has 230 valence electrons. The molecule has 0 fully saturated rings. The number of carboxylic acid groups (broad SMARTS) is 1. The lowest BCUT2D eigenvalue weighted by Crippen LogP contribution is -2.19. The third-order valence-electron chi connectivity index (χ3n) is 7.81. The molecule has 0 aliphatic rings. The van der Waals surface area contributed by atoms with E-state index >= 15 is 0 Å². The number of hydrogen-bond acceptors (Lipinski definition) is 3. The quantitative estimate of drug-likeness (QED) is 0.0529.